The Bertz CT molecular complexity index is 333. The van der Waals surface area contributed by atoms with E-state index < -0.39 is 12.0 Å². The number of nitrogens with two attached hydrogens (primary N) is 1. The first-order valence-corrected chi connectivity index (χ1v) is 4.89. The van der Waals surface area contributed by atoms with E-state index in [1.165, 1.54) is 0 Å². The molecule has 0 aliphatic heterocycles. The molecule has 1 atom stereocenters. The molecule has 15 heavy (non-hydrogen) atoms. The monoisotopic (exact) mass is 205 g/mol. The first kappa shape index (κ1) is 11.5. The summed E-state index contributed by atoms with van der Waals surface area (Å²) in [7, 11) is 0. The van der Waals surface area contributed by atoms with Crippen LogP contribution >= 0.6 is 0 Å². The lowest BCUT2D eigenvalue weighted by Gasteiger charge is -2.05. The number of rotatable bonds is 4. The van der Waals surface area contributed by atoms with Gasteiger partial charge in [0.1, 0.15) is 6.04 Å². The van der Waals surface area contributed by atoms with Crippen molar-refractivity contribution in [2.24, 2.45) is 5.73 Å². The molecule has 1 rings (SSSR count). The molecule has 0 bridgehead atoms. The molecule has 0 radical (unpaired) electrons. The first-order chi connectivity index (χ1) is 7.24. The summed E-state index contributed by atoms with van der Waals surface area (Å²) in [4.78, 5) is 11.2. The summed E-state index contributed by atoms with van der Waals surface area (Å²) in [6, 6.07) is 8.97. The number of esters is 1. The van der Waals surface area contributed by atoms with Crippen LogP contribution in [-0.2, 0) is 9.53 Å². The van der Waals surface area contributed by atoms with Gasteiger partial charge in [0.15, 0.2) is 0 Å². The van der Waals surface area contributed by atoms with Gasteiger partial charge in [0, 0.05) is 0 Å². The summed E-state index contributed by atoms with van der Waals surface area (Å²) < 4.78 is 4.78. The van der Waals surface area contributed by atoms with Gasteiger partial charge in [-0.1, -0.05) is 42.5 Å². The average Bonchev–Trinajstić information content (AvgIpc) is 2.27. The van der Waals surface area contributed by atoms with Crippen LogP contribution in [0.3, 0.4) is 0 Å². The zero-order valence-electron chi connectivity index (χ0n) is 8.72. The Morgan fingerprint density at radius 2 is 2.13 bits per heavy atom. The lowest BCUT2D eigenvalue weighted by atomic mass is 10.2. The Hall–Kier alpha value is -1.61. The van der Waals surface area contributed by atoms with Gasteiger partial charge < -0.3 is 10.5 Å². The van der Waals surface area contributed by atoms with Gasteiger partial charge in [-0.15, -0.1) is 0 Å². The molecule has 3 heteroatoms. The van der Waals surface area contributed by atoms with E-state index in [1.54, 1.807) is 13.0 Å². The molecule has 1 aromatic rings. The molecule has 0 amide bonds. The van der Waals surface area contributed by atoms with Gasteiger partial charge in [-0.3, -0.25) is 4.79 Å². The zero-order chi connectivity index (χ0) is 11.1. The van der Waals surface area contributed by atoms with Crippen LogP contribution in [0.25, 0.3) is 6.08 Å². The van der Waals surface area contributed by atoms with Crippen molar-refractivity contribution in [3.63, 3.8) is 0 Å². The summed E-state index contributed by atoms with van der Waals surface area (Å²) in [5, 5.41) is 0. The SMILES string of the molecule is CCOC(=O)C(N)/C=C/c1ccccc1. The molecule has 0 aliphatic rings. The number of benzene rings is 1. The normalized spacial score (nSPS) is 12.7. The van der Waals surface area contributed by atoms with Crippen molar-refractivity contribution in [3.8, 4) is 0 Å². The fourth-order valence-corrected chi connectivity index (χ4v) is 1.10. The maximum absolute atomic E-state index is 11.2. The number of carbonyl (C=O) groups excluding carboxylic acids is 1. The molecular weight excluding hydrogens is 190 g/mol. The van der Waals surface area contributed by atoms with Crippen LogP contribution in [0.5, 0.6) is 0 Å². The molecule has 0 aromatic heterocycles. The molecule has 0 saturated carbocycles. The lowest BCUT2D eigenvalue weighted by molar-refractivity contribution is -0.143. The topological polar surface area (TPSA) is 52.3 Å². The number of hydrogen-bond acceptors (Lipinski definition) is 3. The number of hydrogen-bond donors (Lipinski definition) is 1. The number of ether oxygens (including phenoxy) is 1. The second kappa shape index (κ2) is 5.98. The quantitative estimate of drug-likeness (QED) is 0.759. The smallest absolute Gasteiger partial charge is 0.326 e. The van der Waals surface area contributed by atoms with Gasteiger partial charge >= 0.3 is 5.97 Å². The van der Waals surface area contributed by atoms with Crippen LogP contribution in [0.4, 0.5) is 0 Å². The van der Waals surface area contributed by atoms with Crippen molar-refractivity contribution in [1.29, 1.82) is 0 Å². The minimum atomic E-state index is -0.690. The van der Waals surface area contributed by atoms with E-state index in [-0.39, 0.29) is 0 Å². The largest absolute Gasteiger partial charge is 0.465 e. The summed E-state index contributed by atoms with van der Waals surface area (Å²) in [6.45, 7) is 2.11. The van der Waals surface area contributed by atoms with E-state index in [0.717, 1.165) is 5.56 Å². The van der Waals surface area contributed by atoms with Crippen molar-refractivity contribution < 1.29 is 9.53 Å². The lowest BCUT2D eigenvalue weighted by Crippen LogP contribution is -2.29. The van der Waals surface area contributed by atoms with Crippen LogP contribution in [-0.4, -0.2) is 18.6 Å². The van der Waals surface area contributed by atoms with Crippen molar-refractivity contribution in [3.05, 3.63) is 42.0 Å². The molecule has 2 N–H and O–H groups in total. The zero-order valence-corrected chi connectivity index (χ0v) is 8.72. The average molecular weight is 205 g/mol. The fraction of sp³-hybridized carbons (Fsp3) is 0.250. The minimum absolute atomic E-state index is 0.353. The molecule has 1 aromatic carbocycles. The highest BCUT2D eigenvalue weighted by Crippen LogP contribution is 2.01. The van der Waals surface area contributed by atoms with Crippen molar-refractivity contribution >= 4 is 12.0 Å². The Balaban J connectivity index is 2.54. The summed E-state index contributed by atoms with van der Waals surface area (Å²) in [5.41, 5.74) is 6.60. The van der Waals surface area contributed by atoms with Gasteiger partial charge in [0.2, 0.25) is 0 Å². The minimum Gasteiger partial charge on any atom is -0.465 e. The first-order valence-electron chi connectivity index (χ1n) is 4.89. The maximum Gasteiger partial charge on any atom is 0.326 e. The Morgan fingerprint density at radius 1 is 1.47 bits per heavy atom. The fourth-order valence-electron chi connectivity index (χ4n) is 1.10. The Morgan fingerprint density at radius 3 is 2.73 bits per heavy atom. The van der Waals surface area contributed by atoms with Crippen LogP contribution in [0.15, 0.2) is 36.4 Å². The highest BCUT2D eigenvalue weighted by molar-refractivity contribution is 5.79. The van der Waals surface area contributed by atoms with E-state index in [1.807, 2.05) is 36.4 Å². The van der Waals surface area contributed by atoms with E-state index in [0.29, 0.717) is 6.61 Å². The summed E-state index contributed by atoms with van der Waals surface area (Å²) in [5.74, 6) is -0.398. The number of carbonyl (C=O) groups is 1. The second-order valence-corrected chi connectivity index (χ2v) is 3.05. The molecule has 80 valence electrons. The van der Waals surface area contributed by atoms with Gasteiger partial charge in [-0.25, -0.2) is 0 Å². The third-order valence-electron chi connectivity index (χ3n) is 1.85. The molecule has 0 saturated heterocycles. The highest BCUT2D eigenvalue weighted by atomic mass is 16.5. The van der Waals surface area contributed by atoms with Crippen LogP contribution in [0, 0.1) is 0 Å². The van der Waals surface area contributed by atoms with Crippen molar-refractivity contribution in [2.75, 3.05) is 6.61 Å². The molecule has 0 fully saturated rings. The second-order valence-electron chi connectivity index (χ2n) is 3.05. The highest BCUT2D eigenvalue weighted by Gasteiger charge is 2.09. The van der Waals surface area contributed by atoms with Gasteiger partial charge in [-0.05, 0) is 12.5 Å². The van der Waals surface area contributed by atoms with Gasteiger partial charge in [-0.2, -0.15) is 0 Å². The third-order valence-corrected chi connectivity index (χ3v) is 1.85. The standard InChI is InChI=1S/C12H15NO2/c1-2-15-12(14)11(13)9-8-10-6-4-3-5-7-10/h3-9,11H,2,13H2,1H3/b9-8+. The van der Waals surface area contributed by atoms with Crippen LogP contribution < -0.4 is 5.73 Å². The van der Waals surface area contributed by atoms with Crippen LogP contribution in [0.1, 0.15) is 12.5 Å². The molecule has 0 aliphatic carbocycles. The molecule has 3 nitrogen and oxygen atoms in total. The maximum atomic E-state index is 11.2. The summed E-state index contributed by atoms with van der Waals surface area (Å²) >= 11 is 0. The van der Waals surface area contributed by atoms with Crippen molar-refractivity contribution in [1.82, 2.24) is 0 Å². The van der Waals surface area contributed by atoms with E-state index in [9.17, 15) is 4.79 Å². The van der Waals surface area contributed by atoms with E-state index in [4.69, 9.17) is 10.5 Å². The molecule has 1 unspecified atom stereocenters. The van der Waals surface area contributed by atoms with E-state index in [2.05, 4.69) is 0 Å². The molecule has 0 spiro atoms. The molecular formula is C12H15NO2. The predicted octanol–water partition coefficient (Wildman–Crippen LogP) is 1.59. The van der Waals surface area contributed by atoms with Gasteiger partial charge in [0.05, 0.1) is 6.61 Å². The predicted molar refractivity (Wildman–Crippen MR) is 60.1 cm³/mol. The van der Waals surface area contributed by atoms with Crippen LogP contribution in [0.2, 0.25) is 0 Å². The third kappa shape index (κ3) is 3.95. The molecule has 0 heterocycles. The van der Waals surface area contributed by atoms with E-state index >= 15 is 0 Å². The Kier molecular flexibility index (Phi) is 4.57. The van der Waals surface area contributed by atoms with Crippen molar-refractivity contribution in [2.45, 2.75) is 13.0 Å². The summed E-state index contributed by atoms with van der Waals surface area (Å²) in [6.07, 6.45) is 3.44. The van der Waals surface area contributed by atoms with Gasteiger partial charge in [0.25, 0.3) is 0 Å². The Labute approximate surface area is 89.5 Å².